The predicted octanol–water partition coefficient (Wildman–Crippen LogP) is 3.22. The first-order valence-corrected chi connectivity index (χ1v) is 11.6. The SMILES string of the molecule is CC(C)N(CCNCC1C(=O)O[C@@H]2C[C@@]3(C)CCCC4(CO4)C3C[C@H]12)C(C)C. The van der Waals surface area contributed by atoms with E-state index >= 15 is 0 Å². The smallest absolute Gasteiger partial charge is 0.310 e. The zero-order valence-corrected chi connectivity index (χ0v) is 18.5. The molecule has 2 saturated carbocycles. The first kappa shape index (κ1) is 20.6. The lowest BCUT2D eigenvalue weighted by molar-refractivity contribution is -0.147. The van der Waals surface area contributed by atoms with E-state index in [1.54, 1.807) is 0 Å². The molecule has 2 aliphatic heterocycles. The first-order chi connectivity index (χ1) is 13.3. The second kappa shape index (κ2) is 7.55. The van der Waals surface area contributed by atoms with E-state index in [-0.39, 0.29) is 29.0 Å². The van der Waals surface area contributed by atoms with Crippen molar-refractivity contribution in [3.63, 3.8) is 0 Å². The molecule has 28 heavy (non-hydrogen) atoms. The quantitative estimate of drug-likeness (QED) is 0.410. The Bertz CT molecular complexity index is 580. The number of hydrogen-bond donors (Lipinski definition) is 1. The summed E-state index contributed by atoms with van der Waals surface area (Å²) < 4.78 is 11.9. The third-order valence-corrected chi connectivity index (χ3v) is 8.32. The normalized spacial score (nSPS) is 42.2. The fourth-order valence-corrected chi connectivity index (χ4v) is 6.77. The van der Waals surface area contributed by atoms with Crippen molar-refractivity contribution < 1.29 is 14.3 Å². The number of esters is 1. The molecule has 2 saturated heterocycles. The summed E-state index contributed by atoms with van der Waals surface area (Å²) in [6.07, 6.45) is 5.98. The molecular formula is C23H40N2O3. The molecule has 0 amide bonds. The van der Waals surface area contributed by atoms with Gasteiger partial charge in [-0.2, -0.15) is 0 Å². The number of rotatable bonds is 7. The van der Waals surface area contributed by atoms with Crippen LogP contribution in [0, 0.1) is 23.2 Å². The van der Waals surface area contributed by atoms with Crippen LogP contribution in [0.2, 0.25) is 0 Å². The minimum absolute atomic E-state index is 0.0128. The van der Waals surface area contributed by atoms with Crippen LogP contribution in [0.3, 0.4) is 0 Å². The third kappa shape index (κ3) is 3.63. The van der Waals surface area contributed by atoms with Gasteiger partial charge in [0.05, 0.1) is 18.1 Å². The van der Waals surface area contributed by atoms with Crippen LogP contribution in [-0.2, 0) is 14.3 Å². The zero-order valence-electron chi connectivity index (χ0n) is 18.5. The highest BCUT2D eigenvalue weighted by molar-refractivity contribution is 5.75. The van der Waals surface area contributed by atoms with Crippen LogP contribution in [0.1, 0.15) is 66.7 Å². The van der Waals surface area contributed by atoms with Gasteiger partial charge in [0.15, 0.2) is 0 Å². The second-order valence-electron chi connectivity index (χ2n) is 10.7. The van der Waals surface area contributed by atoms with Crippen molar-refractivity contribution in [1.29, 1.82) is 0 Å². The predicted molar refractivity (Wildman–Crippen MR) is 110 cm³/mol. The van der Waals surface area contributed by atoms with Gasteiger partial charge in [0.25, 0.3) is 0 Å². The molecule has 2 aliphatic carbocycles. The molecule has 160 valence electrons. The molecule has 4 rings (SSSR count). The van der Waals surface area contributed by atoms with E-state index < -0.39 is 0 Å². The molecule has 2 heterocycles. The Labute approximate surface area is 170 Å². The largest absolute Gasteiger partial charge is 0.462 e. The molecule has 4 fully saturated rings. The van der Waals surface area contributed by atoms with Gasteiger partial charge < -0.3 is 14.8 Å². The average Bonchev–Trinajstić information content (AvgIpc) is 3.30. The fourth-order valence-electron chi connectivity index (χ4n) is 6.77. The number of ether oxygens (including phenoxy) is 2. The van der Waals surface area contributed by atoms with E-state index in [0.29, 0.717) is 23.9 Å². The van der Waals surface area contributed by atoms with Crippen molar-refractivity contribution >= 4 is 5.97 Å². The number of nitrogens with one attached hydrogen (secondary N) is 1. The maximum absolute atomic E-state index is 12.7. The van der Waals surface area contributed by atoms with Gasteiger partial charge in [-0.25, -0.2) is 0 Å². The Morgan fingerprint density at radius 2 is 1.93 bits per heavy atom. The summed E-state index contributed by atoms with van der Waals surface area (Å²) in [7, 11) is 0. The molecule has 4 aliphatic rings. The summed E-state index contributed by atoms with van der Waals surface area (Å²) in [6, 6.07) is 1.08. The van der Waals surface area contributed by atoms with Crippen LogP contribution in [0.4, 0.5) is 0 Å². The van der Waals surface area contributed by atoms with Crippen LogP contribution in [0.25, 0.3) is 0 Å². The molecule has 6 atom stereocenters. The van der Waals surface area contributed by atoms with E-state index in [2.05, 4.69) is 44.8 Å². The van der Waals surface area contributed by atoms with Crippen LogP contribution in [0.5, 0.6) is 0 Å². The highest BCUT2D eigenvalue weighted by atomic mass is 16.6. The van der Waals surface area contributed by atoms with Crippen LogP contribution < -0.4 is 5.32 Å². The van der Waals surface area contributed by atoms with E-state index in [1.807, 2.05) is 0 Å². The minimum Gasteiger partial charge on any atom is -0.462 e. The summed E-state index contributed by atoms with van der Waals surface area (Å²) in [5.74, 6) is 1.01. The lowest BCUT2D eigenvalue weighted by Crippen LogP contribution is -2.51. The van der Waals surface area contributed by atoms with Crippen LogP contribution in [0.15, 0.2) is 0 Å². The first-order valence-electron chi connectivity index (χ1n) is 11.6. The number of nitrogens with zero attached hydrogens (tertiary/aromatic N) is 1. The molecule has 3 unspecified atom stereocenters. The standard InChI is InChI=1S/C23H40N2O3/c1-15(2)25(16(3)4)10-9-24-13-18-17-11-20-22(5,12-19(17)28-21(18)26)7-6-8-23(20)14-27-23/h15-20,24H,6-14H2,1-5H3/t17-,18?,19-,20?,22-,23?/m1/s1. The number of hydrogen-bond acceptors (Lipinski definition) is 5. The van der Waals surface area contributed by atoms with E-state index in [9.17, 15) is 4.79 Å². The summed E-state index contributed by atoms with van der Waals surface area (Å²) >= 11 is 0. The molecule has 1 spiro atoms. The van der Waals surface area contributed by atoms with Crippen molar-refractivity contribution in [2.75, 3.05) is 26.2 Å². The monoisotopic (exact) mass is 392 g/mol. The molecule has 0 aromatic carbocycles. The lowest BCUT2D eigenvalue weighted by Gasteiger charge is -2.51. The van der Waals surface area contributed by atoms with Gasteiger partial charge in [0.1, 0.15) is 6.10 Å². The highest BCUT2D eigenvalue weighted by Gasteiger charge is 2.64. The molecule has 0 aromatic heterocycles. The van der Waals surface area contributed by atoms with Gasteiger partial charge in [0, 0.05) is 37.6 Å². The van der Waals surface area contributed by atoms with Crippen LogP contribution in [-0.4, -0.2) is 60.9 Å². The van der Waals surface area contributed by atoms with E-state index in [1.165, 1.54) is 19.3 Å². The van der Waals surface area contributed by atoms with E-state index in [0.717, 1.165) is 39.1 Å². The molecule has 5 heteroatoms. The van der Waals surface area contributed by atoms with Gasteiger partial charge in [-0.3, -0.25) is 9.69 Å². The number of fused-ring (bicyclic) bond motifs is 3. The maximum atomic E-state index is 12.7. The minimum atomic E-state index is 0.0128. The summed E-state index contributed by atoms with van der Waals surface area (Å²) in [6.45, 7) is 15.0. The third-order valence-electron chi connectivity index (χ3n) is 8.32. The molecule has 1 N–H and O–H groups in total. The molecule has 0 aromatic rings. The van der Waals surface area contributed by atoms with Crippen molar-refractivity contribution in [2.45, 2.75) is 90.5 Å². The summed E-state index contributed by atoms with van der Waals surface area (Å²) in [5.41, 5.74) is 0.421. The Morgan fingerprint density at radius 1 is 1.21 bits per heavy atom. The second-order valence-corrected chi connectivity index (χ2v) is 10.7. The maximum Gasteiger partial charge on any atom is 0.310 e. The van der Waals surface area contributed by atoms with Crippen molar-refractivity contribution in [3.8, 4) is 0 Å². The van der Waals surface area contributed by atoms with Gasteiger partial charge in [-0.05, 0) is 71.1 Å². The van der Waals surface area contributed by atoms with Gasteiger partial charge >= 0.3 is 5.97 Å². The fraction of sp³-hybridized carbons (Fsp3) is 0.957. The Morgan fingerprint density at radius 3 is 2.57 bits per heavy atom. The van der Waals surface area contributed by atoms with E-state index in [4.69, 9.17) is 9.47 Å². The molecule has 5 nitrogen and oxygen atoms in total. The van der Waals surface area contributed by atoms with Crippen molar-refractivity contribution in [2.24, 2.45) is 23.2 Å². The highest BCUT2D eigenvalue weighted by Crippen LogP contribution is 2.62. The number of carbonyl (C=O) groups is 1. The Balaban J connectivity index is 1.35. The molecule has 0 bridgehead atoms. The summed E-state index contributed by atoms with van der Waals surface area (Å²) in [4.78, 5) is 15.2. The van der Waals surface area contributed by atoms with Crippen molar-refractivity contribution in [1.82, 2.24) is 10.2 Å². The Hall–Kier alpha value is -0.650. The summed E-state index contributed by atoms with van der Waals surface area (Å²) in [5, 5.41) is 3.58. The molecule has 0 radical (unpaired) electrons. The van der Waals surface area contributed by atoms with Crippen LogP contribution >= 0.6 is 0 Å². The Kier molecular flexibility index (Phi) is 5.56. The number of carbonyl (C=O) groups excluding carboxylic acids is 1. The molecular weight excluding hydrogens is 352 g/mol. The zero-order chi connectivity index (χ0) is 20.1. The van der Waals surface area contributed by atoms with Gasteiger partial charge in [-0.15, -0.1) is 0 Å². The average molecular weight is 393 g/mol. The number of epoxide rings is 1. The lowest BCUT2D eigenvalue weighted by atomic mass is 9.53. The topological polar surface area (TPSA) is 54.1 Å². The van der Waals surface area contributed by atoms with Crippen molar-refractivity contribution in [3.05, 3.63) is 0 Å². The van der Waals surface area contributed by atoms with Gasteiger partial charge in [-0.1, -0.05) is 6.92 Å². The van der Waals surface area contributed by atoms with Gasteiger partial charge in [0.2, 0.25) is 0 Å².